The van der Waals surface area contributed by atoms with Gasteiger partial charge in [0.25, 0.3) is 0 Å². The third kappa shape index (κ3) is 3.42. The number of rotatable bonds is 6. The van der Waals surface area contributed by atoms with Gasteiger partial charge >= 0.3 is 0 Å². The molecule has 2 atom stereocenters. The molecule has 2 fully saturated rings. The molecule has 0 radical (unpaired) electrons. The van der Waals surface area contributed by atoms with Crippen LogP contribution in [0.1, 0.15) is 33.1 Å². The molecule has 0 spiro atoms. The second-order valence-corrected chi connectivity index (χ2v) is 5.20. The summed E-state index contributed by atoms with van der Waals surface area (Å²) in [6, 6.07) is 0.902. The largest absolute Gasteiger partial charge is 0.381 e. The van der Waals surface area contributed by atoms with E-state index >= 15 is 0 Å². The van der Waals surface area contributed by atoms with Crippen molar-refractivity contribution >= 4 is 5.91 Å². The molecule has 2 aliphatic rings. The zero-order valence-electron chi connectivity index (χ0n) is 10.9. The molecule has 98 valence electrons. The normalized spacial score (nSPS) is 25.9. The number of hydrogen-bond acceptors (Lipinski definition) is 3. The third-order valence-corrected chi connectivity index (χ3v) is 3.90. The van der Waals surface area contributed by atoms with Crippen molar-refractivity contribution in [3.05, 3.63) is 0 Å². The molecule has 4 heteroatoms. The summed E-state index contributed by atoms with van der Waals surface area (Å²) in [7, 11) is 0. The summed E-state index contributed by atoms with van der Waals surface area (Å²) in [5.74, 6) is 0.819. The molecular formula is C13H24N2O2. The highest BCUT2D eigenvalue weighted by Crippen LogP contribution is 2.26. The van der Waals surface area contributed by atoms with Crippen LogP contribution in [0.25, 0.3) is 0 Å². The van der Waals surface area contributed by atoms with Crippen molar-refractivity contribution in [2.45, 2.75) is 45.2 Å². The zero-order chi connectivity index (χ0) is 12.3. The molecule has 1 aliphatic heterocycles. The van der Waals surface area contributed by atoms with E-state index in [4.69, 9.17) is 4.74 Å². The highest BCUT2D eigenvalue weighted by atomic mass is 16.5. The quantitative estimate of drug-likeness (QED) is 0.753. The number of ether oxygens (including phenoxy) is 1. The molecule has 1 heterocycles. The number of nitrogens with zero attached hydrogens (tertiary/aromatic N) is 1. The van der Waals surface area contributed by atoms with Crippen LogP contribution in [0.15, 0.2) is 0 Å². The summed E-state index contributed by atoms with van der Waals surface area (Å²) in [6.45, 7) is 7.23. The Balaban J connectivity index is 1.70. The van der Waals surface area contributed by atoms with Gasteiger partial charge in [-0.25, -0.2) is 0 Å². The SMILES string of the molecule is CCN(C(=O)CNC(C)C1CCOC1)C1CC1. The fourth-order valence-corrected chi connectivity index (χ4v) is 2.49. The highest BCUT2D eigenvalue weighted by molar-refractivity contribution is 5.78. The van der Waals surface area contributed by atoms with Gasteiger partial charge in [-0.05, 0) is 39.0 Å². The van der Waals surface area contributed by atoms with Crippen LogP contribution in [0, 0.1) is 5.92 Å². The van der Waals surface area contributed by atoms with Crippen LogP contribution < -0.4 is 5.32 Å². The van der Waals surface area contributed by atoms with E-state index in [1.54, 1.807) is 0 Å². The molecule has 4 nitrogen and oxygen atoms in total. The van der Waals surface area contributed by atoms with Gasteiger partial charge in [0.2, 0.25) is 5.91 Å². The summed E-state index contributed by atoms with van der Waals surface area (Å²) in [4.78, 5) is 14.0. The summed E-state index contributed by atoms with van der Waals surface area (Å²) >= 11 is 0. The van der Waals surface area contributed by atoms with Gasteiger partial charge in [-0.3, -0.25) is 4.79 Å². The Bertz CT molecular complexity index is 260. The second-order valence-electron chi connectivity index (χ2n) is 5.20. The fraction of sp³-hybridized carbons (Fsp3) is 0.923. The average molecular weight is 240 g/mol. The number of amides is 1. The van der Waals surface area contributed by atoms with Crippen LogP contribution in [0.4, 0.5) is 0 Å². The lowest BCUT2D eigenvalue weighted by Crippen LogP contribution is -2.44. The van der Waals surface area contributed by atoms with E-state index in [2.05, 4.69) is 19.2 Å². The van der Waals surface area contributed by atoms with E-state index < -0.39 is 0 Å². The van der Waals surface area contributed by atoms with Crippen LogP contribution in [0.2, 0.25) is 0 Å². The predicted molar refractivity (Wildman–Crippen MR) is 66.8 cm³/mol. The second kappa shape index (κ2) is 5.83. The predicted octanol–water partition coefficient (Wildman–Crippen LogP) is 1.01. The molecule has 1 saturated carbocycles. The lowest BCUT2D eigenvalue weighted by Gasteiger charge is -2.23. The standard InChI is InChI=1S/C13H24N2O2/c1-3-15(12-4-5-12)13(16)8-14-10(2)11-6-7-17-9-11/h10-12,14H,3-9H2,1-2H3. The monoisotopic (exact) mass is 240 g/mol. The first-order valence-electron chi connectivity index (χ1n) is 6.83. The van der Waals surface area contributed by atoms with Crippen LogP contribution in [0.3, 0.4) is 0 Å². The van der Waals surface area contributed by atoms with Crippen LogP contribution in [-0.4, -0.2) is 49.2 Å². The van der Waals surface area contributed by atoms with Crippen molar-refractivity contribution in [1.82, 2.24) is 10.2 Å². The molecule has 0 aromatic rings. The topological polar surface area (TPSA) is 41.6 Å². The first-order chi connectivity index (χ1) is 8.22. The molecule has 0 bridgehead atoms. The number of likely N-dealkylation sites (N-methyl/N-ethyl adjacent to an activating group) is 1. The van der Waals surface area contributed by atoms with Gasteiger partial charge in [-0.1, -0.05) is 0 Å². The number of nitrogens with one attached hydrogen (secondary N) is 1. The van der Waals surface area contributed by atoms with Crippen LogP contribution in [0.5, 0.6) is 0 Å². The summed E-state index contributed by atoms with van der Waals surface area (Å²) < 4.78 is 5.37. The van der Waals surface area contributed by atoms with Gasteiger partial charge in [-0.15, -0.1) is 0 Å². The number of hydrogen-bond donors (Lipinski definition) is 1. The Morgan fingerprint density at radius 1 is 1.47 bits per heavy atom. The molecule has 1 aliphatic carbocycles. The van der Waals surface area contributed by atoms with Gasteiger partial charge in [0.15, 0.2) is 0 Å². The number of carbonyl (C=O) groups is 1. The molecule has 1 N–H and O–H groups in total. The van der Waals surface area contributed by atoms with Gasteiger partial charge in [0.05, 0.1) is 13.2 Å². The van der Waals surface area contributed by atoms with Crippen molar-refractivity contribution in [2.24, 2.45) is 5.92 Å². The molecule has 1 saturated heterocycles. The zero-order valence-corrected chi connectivity index (χ0v) is 10.9. The lowest BCUT2D eigenvalue weighted by molar-refractivity contribution is -0.130. The van der Waals surface area contributed by atoms with Crippen molar-refractivity contribution in [1.29, 1.82) is 0 Å². The minimum Gasteiger partial charge on any atom is -0.381 e. The highest BCUT2D eigenvalue weighted by Gasteiger charge is 2.31. The fourth-order valence-electron chi connectivity index (χ4n) is 2.49. The Labute approximate surface area is 104 Å². The van der Waals surface area contributed by atoms with E-state index in [9.17, 15) is 4.79 Å². The van der Waals surface area contributed by atoms with Gasteiger partial charge in [0, 0.05) is 25.2 Å². The first-order valence-corrected chi connectivity index (χ1v) is 6.83. The van der Waals surface area contributed by atoms with Crippen LogP contribution in [-0.2, 0) is 9.53 Å². The lowest BCUT2D eigenvalue weighted by atomic mass is 10.0. The molecule has 2 rings (SSSR count). The molecular weight excluding hydrogens is 216 g/mol. The molecule has 0 aromatic heterocycles. The third-order valence-electron chi connectivity index (χ3n) is 3.90. The van der Waals surface area contributed by atoms with Crippen molar-refractivity contribution in [3.63, 3.8) is 0 Å². The Morgan fingerprint density at radius 3 is 2.76 bits per heavy atom. The van der Waals surface area contributed by atoms with Crippen LogP contribution >= 0.6 is 0 Å². The van der Waals surface area contributed by atoms with E-state index in [0.29, 0.717) is 24.5 Å². The van der Waals surface area contributed by atoms with Crippen molar-refractivity contribution in [2.75, 3.05) is 26.3 Å². The first kappa shape index (κ1) is 12.8. The number of carbonyl (C=O) groups excluding carboxylic acids is 1. The van der Waals surface area contributed by atoms with Gasteiger partial charge < -0.3 is 15.0 Å². The average Bonchev–Trinajstić information content (AvgIpc) is 3.00. The van der Waals surface area contributed by atoms with Gasteiger partial charge in [-0.2, -0.15) is 0 Å². The Morgan fingerprint density at radius 2 is 2.24 bits per heavy atom. The van der Waals surface area contributed by atoms with E-state index in [1.165, 1.54) is 12.8 Å². The van der Waals surface area contributed by atoms with Crippen molar-refractivity contribution in [3.8, 4) is 0 Å². The smallest absolute Gasteiger partial charge is 0.236 e. The summed E-state index contributed by atoms with van der Waals surface area (Å²) in [6.07, 6.45) is 3.49. The summed E-state index contributed by atoms with van der Waals surface area (Å²) in [5, 5.41) is 3.35. The maximum atomic E-state index is 12.0. The summed E-state index contributed by atoms with van der Waals surface area (Å²) in [5.41, 5.74) is 0. The van der Waals surface area contributed by atoms with E-state index in [1.807, 2.05) is 4.90 Å². The van der Waals surface area contributed by atoms with Gasteiger partial charge in [0.1, 0.15) is 0 Å². The van der Waals surface area contributed by atoms with E-state index in [-0.39, 0.29) is 5.91 Å². The minimum atomic E-state index is 0.251. The van der Waals surface area contributed by atoms with Crippen molar-refractivity contribution < 1.29 is 9.53 Å². The molecule has 1 amide bonds. The molecule has 0 aromatic carbocycles. The minimum absolute atomic E-state index is 0.251. The Kier molecular flexibility index (Phi) is 4.40. The molecule has 17 heavy (non-hydrogen) atoms. The maximum absolute atomic E-state index is 12.0. The molecule has 2 unspecified atom stereocenters. The van der Waals surface area contributed by atoms with E-state index in [0.717, 1.165) is 26.2 Å². The Hall–Kier alpha value is -0.610. The maximum Gasteiger partial charge on any atom is 0.236 e.